The normalized spacial score (nSPS) is 17.7. The van der Waals surface area contributed by atoms with Gasteiger partial charge in [0, 0.05) is 23.4 Å². The highest BCUT2D eigenvalue weighted by Crippen LogP contribution is 2.50. The first kappa shape index (κ1) is 16.8. The highest BCUT2D eigenvalue weighted by Gasteiger charge is 2.30. The van der Waals surface area contributed by atoms with Gasteiger partial charge in [-0.3, -0.25) is 0 Å². The van der Waals surface area contributed by atoms with Crippen LogP contribution in [0.4, 0.5) is 0 Å². The fourth-order valence-electron chi connectivity index (χ4n) is 3.19. The van der Waals surface area contributed by atoms with Crippen LogP contribution in [0.15, 0.2) is 35.5 Å². The van der Waals surface area contributed by atoms with E-state index >= 15 is 0 Å². The molecule has 0 aliphatic carbocycles. The van der Waals surface area contributed by atoms with E-state index in [0.29, 0.717) is 40.9 Å². The number of hydrogen-bond acceptors (Lipinski definition) is 6. The van der Waals surface area contributed by atoms with Crippen molar-refractivity contribution in [2.75, 3.05) is 21.0 Å². The number of halogens is 1. The summed E-state index contributed by atoms with van der Waals surface area (Å²) < 4.78 is 22.0. The second kappa shape index (κ2) is 6.96. The minimum absolute atomic E-state index is 0.0975. The summed E-state index contributed by atoms with van der Waals surface area (Å²) in [5, 5.41) is 4.93. The molecule has 2 aliphatic rings. The maximum Gasteiger partial charge on any atom is 0.231 e. The first-order valence-corrected chi connectivity index (χ1v) is 8.59. The fourth-order valence-corrected chi connectivity index (χ4v) is 3.31. The van der Waals surface area contributed by atoms with Crippen LogP contribution in [0.2, 0.25) is 5.02 Å². The van der Waals surface area contributed by atoms with E-state index in [0.717, 1.165) is 16.8 Å². The summed E-state index contributed by atoms with van der Waals surface area (Å²) in [7, 11) is 3.21. The number of benzene rings is 2. The Morgan fingerprint density at radius 3 is 2.62 bits per heavy atom. The van der Waals surface area contributed by atoms with Crippen LogP contribution in [0.5, 0.6) is 23.0 Å². The molecule has 0 unspecified atom stereocenters. The molecule has 2 aliphatic heterocycles. The van der Waals surface area contributed by atoms with Crippen molar-refractivity contribution >= 4 is 17.3 Å². The number of nitrogens with zero attached hydrogens (tertiary/aromatic N) is 1. The van der Waals surface area contributed by atoms with Crippen LogP contribution < -0.4 is 18.9 Å². The lowest BCUT2D eigenvalue weighted by Crippen LogP contribution is -2.13. The second-order valence-corrected chi connectivity index (χ2v) is 6.45. The highest BCUT2D eigenvalue weighted by molar-refractivity contribution is 6.30. The molecule has 2 aromatic carbocycles. The summed E-state index contributed by atoms with van der Waals surface area (Å²) in [6.07, 6.45) is 1.21. The molecule has 0 fully saturated rings. The van der Waals surface area contributed by atoms with Crippen molar-refractivity contribution in [2.45, 2.75) is 18.9 Å². The van der Waals surface area contributed by atoms with Gasteiger partial charge < -0.3 is 23.8 Å². The molecule has 2 heterocycles. The predicted octanol–water partition coefficient (Wildman–Crippen LogP) is 3.82. The molecule has 7 heteroatoms. The topological polar surface area (TPSA) is 58.5 Å². The van der Waals surface area contributed by atoms with Gasteiger partial charge in [-0.05, 0) is 23.8 Å². The summed E-state index contributed by atoms with van der Waals surface area (Å²) in [6.45, 7) is 0.148. The van der Waals surface area contributed by atoms with Crippen molar-refractivity contribution in [3.63, 3.8) is 0 Å². The molecule has 0 amide bonds. The monoisotopic (exact) mass is 375 g/mol. The average molecular weight is 376 g/mol. The number of oxime groups is 1. The maximum atomic E-state index is 5.94. The molecule has 0 saturated carbocycles. The summed E-state index contributed by atoms with van der Waals surface area (Å²) in [5.41, 5.74) is 2.83. The van der Waals surface area contributed by atoms with Crippen molar-refractivity contribution in [1.29, 1.82) is 0 Å². The van der Waals surface area contributed by atoms with Gasteiger partial charge in [0.25, 0.3) is 0 Å². The SMILES string of the molecule is COc1cc(C[C@H]2CC(c3ccc(Cl)cc3)=NO2)c(OC)c2c1OCO2. The zero-order chi connectivity index (χ0) is 18.1. The second-order valence-electron chi connectivity index (χ2n) is 6.02. The lowest BCUT2D eigenvalue weighted by Gasteiger charge is -2.15. The van der Waals surface area contributed by atoms with E-state index in [-0.39, 0.29) is 12.9 Å². The first-order valence-electron chi connectivity index (χ1n) is 8.21. The Balaban J connectivity index is 1.54. The molecule has 0 saturated heterocycles. The van der Waals surface area contributed by atoms with Crippen LogP contribution in [0.25, 0.3) is 0 Å². The molecule has 136 valence electrons. The Bertz CT molecular complexity index is 850. The van der Waals surface area contributed by atoms with Gasteiger partial charge in [0.2, 0.25) is 18.3 Å². The number of ether oxygens (including phenoxy) is 4. The van der Waals surface area contributed by atoms with E-state index in [1.54, 1.807) is 14.2 Å². The molecule has 0 bridgehead atoms. The Morgan fingerprint density at radius 2 is 1.88 bits per heavy atom. The molecule has 0 N–H and O–H groups in total. The van der Waals surface area contributed by atoms with Crippen LogP contribution in [0.3, 0.4) is 0 Å². The third-order valence-corrected chi connectivity index (χ3v) is 4.67. The predicted molar refractivity (Wildman–Crippen MR) is 96.9 cm³/mol. The Labute approximate surface area is 156 Å². The zero-order valence-corrected chi connectivity index (χ0v) is 15.2. The van der Waals surface area contributed by atoms with Crippen molar-refractivity contribution in [3.8, 4) is 23.0 Å². The maximum absolute atomic E-state index is 5.94. The lowest BCUT2D eigenvalue weighted by atomic mass is 9.99. The molecule has 2 aromatic rings. The minimum Gasteiger partial charge on any atom is -0.493 e. The van der Waals surface area contributed by atoms with Crippen molar-refractivity contribution in [3.05, 3.63) is 46.5 Å². The average Bonchev–Trinajstić information content (AvgIpc) is 3.31. The van der Waals surface area contributed by atoms with Gasteiger partial charge >= 0.3 is 0 Å². The Morgan fingerprint density at radius 1 is 1.12 bits per heavy atom. The highest BCUT2D eigenvalue weighted by atomic mass is 35.5. The summed E-state index contributed by atoms with van der Waals surface area (Å²) in [5.74, 6) is 2.39. The van der Waals surface area contributed by atoms with E-state index in [4.69, 9.17) is 35.4 Å². The Hall–Kier alpha value is -2.60. The molecule has 0 spiro atoms. The molecule has 26 heavy (non-hydrogen) atoms. The quantitative estimate of drug-likeness (QED) is 0.795. The third kappa shape index (κ3) is 3.01. The van der Waals surface area contributed by atoms with Crippen LogP contribution in [0.1, 0.15) is 17.5 Å². The fraction of sp³-hybridized carbons (Fsp3) is 0.316. The van der Waals surface area contributed by atoms with Crippen molar-refractivity contribution in [1.82, 2.24) is 0 Å². The minimum atomic E-state index is -0.0975. The molecular formula is C19H18ClNO5. The number of fused-ring (bicyclic) bond motifs is 1. The largest absolute Gasteiger partial charge is 0.493 e. The zero-order valence-electron chi connectivity index (χ0n) is 14.5. The van der Waals surface area contributed by atoms with Crippen LogP contribution in [0, 0.1) is 0 Å². The van der Waals surface area contributed by atoms with Crippen molar-refractivity contribution < 1.29 is 23.8 Å². The summed E-state index contributed by atoms with van der Waals surface area (Å²) in [6, 6.07) is 9.47. The standard InChI is InChI=1S/C19H18ClNO5/c1-22-16-8-12(17(23-2)19-18(16)24-10-25-19)7-14-9-15(21-26-14)11-3-5-13(20)6-4-11/h3-6,8,14H,7,9-10H2,1-2H3/t14-/m0/s1. The molecule has 6 nitrogen and oxygen atoms in total. The molecule has 4 rings (SSSR count). The summed E-state index contributed by atoms with van der Waals surface area (Å²) >= 11 is 5.94. The molecule has 0 radical (unpaired) electrons. The van der Waals surface area contributed by atoms with Gasteiger partial charge in [-0.2, -0.15) is 0 Å². The number of rotatable bonds is 5. The van der Waals surface area contributed by atoms with Gasteiger partial charge in [0.15, 0.2) is 11.5 Å². The van der Waals surface area contributed by atoms with Gasteiger partial charge in [-0.15, -0.1) is 0 Å². The Kier molecular flexibility index (Phi) is 4.51. The van der Waals surface area contributed by atoms with E-state index in [9.17, 15) is 0 Å². The van der Waals surface area contributed by atoms with Crippen LogP contribution >= 0.6 is 11.6 Å². The van der Waals surface area contributed by atoms with Crippen molar-refractivity contribution in [2.24, 2.45) is 5.16 Å². The third-order valence-electron chi connectivity index (χ3n) is 4.42. The molecular weight excluding hydrogens is 358 g/mol. The molecule has 1 atom stereocenters. The number of hydrogen-bond donors (Lipinski definition) is 0. The number of methoxy groups -OCH3 is 2. The smallest absolute Gasteiger partial charge is 0.231 e. The van der Waals surface area contributed by atoms with E-state index in [1.165, 1.54) is 0 Å². The van der Waals surface area contributed by atoms with Gasteiger partial charge in [-0.25, -0.2) is 0 Å². The van der Waals surface area contributed by atoms with Crippen LogP contribution in [-0.4, -0.2) is 32.8 Å². The first-order chi connectivity index (χ1) is 12.7. The molecule has 0 aromatic heterocycles. The van der Waals surface area contributed by atoms with E-state index < -0.39 is 0 Å². The van der Waals surface area contributed by atoms with Crippen LogP contribution in [-0.2, 0) is 11.3 Å². The summed E-state index contributed by atoms with van der Waals surface area (Å²) in [4.78, 5) is 5.63. The van der Waals surface area contributed by atoms with E-state index in [2.05, 4.69) is 5.16 Å². The van der Waals surface area contributed by atoms with Gasteiger partial charge in [-0.1, -0.05) is 28.9 Å². The van der Waals surface area contributed by atoms with Gasteiger partial charge in [0.05, 0.1) is 19.9 Å². The van der Waals surface area contributed by atoms with Gasteiger partial charge in [0.1, 0.15) is 6.10 Å². The lowest BCUT2D eigenvalue weighted by molar-refractivity contribution is 0.0853. The van der Waals surface area contributed by atoms with E-state index in [1.807, 2.05) is 30.3 Å².